The lowest BCUT2D eigenvalue weighted by molar-refractivity contribution is 0.102. The van der Waals surface area contributed by atoms with Crippen LogP contribution in [0.4, 0.5) is 17.5 Å². The number of aromatic nitrogens is 3. The first kappa shape index (κ1) is 17.9. The highest BCUT2D eigenvalue weighted by Gasteiger charge is 2.17. The molecular formula is C21H22N6O. The number of nitrogen functional groups attached to an aromatic ring is 1. The maximum absolute atomic E-state index is 12.6. The molecule has 7 heteroatoms. The molecule has 1 aromatic carbocycles. The number of hydrogen-bond acceptors (Lipinski definition) is 6. The van der Waals surface area contributed by atoms with Crippen LogP contribution in [0.3, 0.4) is 0 Å². The van der Waals surface area contributed by atoms with Crippen LogP contribution in [0.15, 0.2) is 54.9 Å². The number of carbonyl (C=O) groups is 1. The van der Waals surface area contributed by atoms with Gasteiger partial charge in [-0.25, -0.2) is 4.98 Å². The van der Waals surface area contributed by atoms with E-state index in [4.69, 9.17) is 5.73 Å². The Kier molecular flexibility index (Phi) is 5.14. The van der Waals surface area contributed by atoms with E-state index < -0.39 is 0 Å². The second-order valence-electron chi connectivity index (χ2n) is 6.90. The molecular weight excluding hydrogens is 352 g/mol. The van der Waals surface area contributed by atoms with Gasteiger partial charge in [0.2, 0.25) is 5.95 Å². The van der Waals surface area contributed by atoms with Crippen molar-refractivity contribution in [3.63, 3.8) is 0 Å². The zero-order chi connectivity index (χ0) is 19.3. The number of nitrogens with one attached hydrogen (secondary N) is 2. The van der Waals surface area contributed by atoms with Gasteiger partial charge in [-0.2, -0.15) is 4.98 Å². The third kappa shape index (κ3) is 4.25. The second kappa shape index (κ2) is 8.04. The summed E-state index contributed by atoms with van der Waals surface area (Å²) in [6.07, 6.45) is 8.06. The molecule has 1 amide bonds. The molecule has 0 bridgehead atoms. The quantitative estimate of drug-likeness (QED) is 0.588. The van der Waals surface area contributed by atoms with E-state index in [9.17, 15) is 4.79 Å². The predicted octanol–water partition coefficient (Wildman–Crippen LogP) is 3.73. The first-order valence-electron chi connectivity index (χ1n) is 9.40. The van der Waals surface area contributed by atoms with E-state index in [1.165, 1.54) is 12.8 Å². The molecule has 1 aliphatic rings. The summed E-state index contributed by atoms with van der Waals surface area (Å²) in [7, 11) is 0. The number of pyridine rings is 1. The van der Waals surface area contributed by atoms with Crippen LogP contribution in [0.1, 0.15) is 36.0 Å². The molecule has 142 valence electrons. The fourth-order valence-corrected chi connectivity index (χ4v) is 3.37. The standard InChI is InChI=1S/C21H22N6O/c22-16-5-3-4-15(12-16)20(28)26-19-13-18(14-8-10-23-11-9-14)25-21(27-19)24-17-6-1-2-7-17/h3-5,8-13,17H,1-2,6-7,22H2,(H2,24,25,26,27,28). The van der Waals surface area contributed by atoms with Gasteiger partial charge in [0.05, 0.1) is 5.69 Å². The van der Waals surface area contributed by atoms with Crippen LogP contribution in [-0.4, -0.2) is 26.9 Å². The van der Waals surface area contributed by atoms with Gasteiger partial charge in [0.25, 0.3) is 5.91 Å². The molecule has 1 fully saturated rings. The van der Waals surface area contributed by atoms with Crippen LogP contribution in [0.25, 0.3) is 11.3 Å². The van der Waals surface area contributed by atoms with Gasteiger partial charge >= 0.3 is 0 Å². The number of anilines is 3. The summed E-state index contributed by atoms with van der Waals surface area (Å²) in [5.41, 5.74) is 8.43. The highest BCUT2D eigenvalue weighted by molar-refractivity contribution is 6.04. The molecule has 0 radical (unpaired) electrons. The molecule has 2 heterocycles. The lowest BCUT2D eigenvalue weighted by Gasteiger charge is -2.14. The molecule has 0 saturated heterocycles. The van der Waals surface area contributed by atoms with Crippen LogP contribution < -0.4 is 16.4 Å². The van der Waals surface area contributed by atoms with Gasteiger partial charge in [0, 0.05) is 41.3 Å². The highest BCUT2D eigenvalue weighted by Crippen LogP contribution is 2.25. The van der Waals surface area contributed by atoms with Crippen molar-refractivity contribution in [2.45, 2.75) is 31.7 Å². The van der Waals surface area contributed by atoms with Crippen LogP contribution in [0.2, 0.25) is 0 Å². The summed E-state index contributed by atoms with van der Waals surface area (Å²) >= 11 is 0. The van der Waals surface area contributed by atoms with E-state index in [1.54, 1.807) is 42.7 Å². The Hall–Kier alpha value is -3.48. The van der Waals surface area contributed by atoms with Gasteiger partial charge in [0.1, 0.15) is 5.82 Å². The molecule has 2 aromatic heterocycles. The van der Waals surface area contributed by atoms with Crippen molar-refractivity contribution < 1.29 is 4.79 Å². The van der Waals surface area contributed by atoms with E-state index >= 15 is 0 Å². The van der Waals surface area contributed by atoms with Crippen molar-refractivity contribution in [1.29, 1.82) is 0 Å². The number of benzene rings is 1. The van der Waals surface area contributed by atoms with Gasteiger partial charge in [0.15, 0.2) is 0 Å². The molecule has 1 saturated carbocycles. The van der Waals surface area contributed by atoms with Crippen molar-refractivity contribution in [3.05, 3.63) is 60.4 Å². The number of rotatable bonds is 5. The molecule has 0 atom stereocenters. The number of nitrogens with two attached hydrogens (primary N) is 1. The van der Waals surface area contributed by atoms with E-state index in [0.29, 0.717) is 29.1 Å². The minimum absolute atomic E-state index is 0.265. The van der Waals surface area contributed by atoms with Crippen molar-refractivity contribution in [3.8, 4) is 11.3 Å². The van der Waals surface area contributed by atoms with Crippen molar-refractivity contribution in [2.75, 3.05) is 16.4 Å². The predicted molar refractivity (Wildman–Crippen MR) is 110 cm³/mol. The van der Waals surface area contributed by atoms with Crippen LogP contribution >= 0.6 is 0 Å². The average Bonchev–Trinajstić information content (AvgIpc) is 3.21. The summed E-state index contributed by atoms with van der Waals surface area (Å²) in [6.45, 7) is 0. The average molecular weight is 374 g/mol. The number of carbonyl (C=O) groups excluding carboxylic acids is 1. The molecule has 0 unspecified atom stereocenters. The summed E-state index contributed by atoms with van der Waals surface area (Å²) in [5, 5.41) is 6.26. The largest absolute Gasteiger partial charge is 0.399 e. The Morgan fingerprint density at radius 1 is 1.04 bits per heavy atom. The van der Waals surface area contributed by atoms with Gasteiger partial charge in [-0.3, -0.25) is 9.78 Å². The Morgan fingerprint density at radius 2 is 1.82 bits per heavy atom. The summed E-state index contributed by atoms with van der Waals surface area (Å²) in [4.78, 5) is 25.8. The molecule has 3 aromatic rings. The van der Waals surface area contributed by atoms with Crippen molar-refractivity contribution in [2.24, 2.45) is 0 Å². The lowest BCUT2D eigenvalue weighted by Crippen LogP contribution is -2.19. The normalized spacial score (nSPS) is 14.0. The monoisotopic (exact) mass is 374 g/mol. The molecule has 1 aliphatic carbocycles. The minimum Gasteiger partial charge on any atom is -0.399 e. The fourth-order valence-electron chi connectivity index (χ4n) is 3.37. The summed E-state index contributed by atoms with van der Waals surface area (Å²) in [5.74, 6) is 0.692. The van der Waals surface area contributed by atoms with E-state index in [-0.39, 0.29) is 5.91 Å². The zero-order valence-corrected chi connectivity index (χ0v) is 15.4. The maximum atomic E-state index is 12.6. The first-order chi connectivity index (χ1) is 13.7. The SMILES string of the molecule is Nc1cccc(C(=O)Nc2cc(-c3ccncc3)nc(NC3CCCC3)n2)c1. The Morgan fingerprint density at radius 3 is 2.57 bits per heavy atom. The fraction of sp³-hybridized carbons (Fsp3) is 0.238. The van der Waals surface area contributed by atoms with Crippen molar-refractivity contribution >= 4 is 23.4 Å². The maximum Gasteiger partial charge on any atom is 0.256 e. The topological polar surface area (TPSA) is 106 Å². The molecule has 4 rings (SSSR count). The van der Waals surface area contributed by atoms with Crippen LogP contribution in [-0.2, 0) is 0 Å². The summed E-state index contributed by atoms with van der Waals surface area (Å²) < 4.78 is 0. The minimum atomic E-state index is -0.265. The lowest BCUT2D eigenvalue weighted by atomic mass is 10.1. The summed E-state index contributed by atoms with van der Waals surface area (Å²) in [6, 6.07) is 12.7. The second-order valence-corrected chi connectivity index (χ2v) is 6.90. The van der Waals surface area contributed by atoms with E-state index in [1.807, 2.05) is 12.1 Å². The van der Waals surface area contributed by atoms with Gasteiger partial charge < -0.3 is 16.4 Å². The smallest absolute Gasteiger partial charge is 0.256 e. The molecule has 7 nitrogen and oxygen atoms in total. The van der Waals surface area contributed by atoms with E-state index in [0.717, 1.165) is 24.1 Å². The first-order valence-corrected chi connectivity index (χ1v) is 9.40. The molecule has 0 aliphatic heterocycles. The Bertz CT molecular complexity index is 970. The highest BCUT2D eigenvalue weighted by atomic mass is 16.1. The third-order valence-corrected chi connectivity index (χ3v) is 4.78. The molecule has 0 spiro atoms. The molecule has 4 N–H and O–H groups in total. The van der Waals surface area contributed by atoms with Crippen LogP contribution in [0.5, 0.6) is 0 Å². The van der Waals surface area contributed by atoms with Crippen LogP contribution in [0, 0.1) is 0 Å². The number of hydrogen-bond donors (Lipinski definition) is 3. The Balaban J connectivity index is 1.64. The number of amides is 1. The van der Waals surface area contributed by atoms with Gasteiger partial charge in [-0.1, -0.05) is 18.9 Å². The van der Waals surface area contributed by atoms with Gasteiger partial charge in [-0.05, 0) is 43.2 Å². The Labute approximate surface area is 163 Å². The van der Waals surface area contributed by atoms with Crippen molar-refractivity contribution in [1.82, 2.24) is 15.0 Å². The van der Waals surface area contributed by atoms with Gasteiger partial charge in [-0.15, -0.1) is 0 Å². The van der Waals surface area contributed by atoms with E-state index in [2.05, 4.69) is 25.6 Å². The third-order valence-electron chi connectivity index (χ3n) is 4.78. The number of nitrogens with zero attached hydrogens (tertiary/aromatic N) is 3. The zero-order valence-electron chi connectivity index (χ0n) is 15.4. The molecule has 28 heavy (non-hydrogen) atoms.